The summed E-state index contributed by atoms with van der Waals surface area (Å²) < 4.78 is 162. The molecule has 5 aromatic rings. The number of benzene rings is 4. The van der Waals surface area contributed by atoms with Gasteiger partial charge in [-0.15, -0.1) is 0 Å². The first kappa shape index (κ1) is 42.6. The first-order valence-corrected chi connectivity index (χ1v) is 22.6. The Morgan fingerprint density at radius 1 is 0.650 bits per heavy atom. The van der Waals surface area contributed by atoms with Crippen LogP contribution in [-0.4, -0.2) is 79.9 Å². The van der Waals surface area contributed by atoms with Crippen molar-refractivity contribution in [1.82, 2.24) is 15.0 Å². The van der Waals surface area contributed by atoms with Crippen molar-refractivity contribution in [3.63, 3.8) is 0 Å². The predicted molar refractivity (Wildman–Crippen MR) is 206 cm³/mol. The van der Waals surface area contributed by atoms with Gasteiger partial charge in [0.25, 0.3) is 40.5 Å². The van der Waals surface area contributed by atoms with E-state index in [2.05, 4.69) is 40.9 Å². The maximum Gasteiger partial charge on any atom is 0.315 e. The van der Waals surface area contributed by atoms with Gasteiger partial charge in [-0.05, 0) is 48.9 Å². The molecule has 30 heteroatoms. The summed E-state index contributed by atoms with van der Waals surface area (Å²) in [5.74, 6) is -1.99. The minimum absolute atomic E-state index is 0.0323. The molecule has 0 atom stereocenters. The molecule has 1 aromatic heterocycles. The van der Waals surface area contributed by atoms with Crippen molar-refractivity contribution in [2.75, 3.05) is 34.8 Å². The Bertz CT molecular complexity index is 3290. The van der Waals surface area contributed by atoms with E-state index in [1.807, 2.05) is 0 Å². The lowest BCUT2D eigenvalue weighted by Crippen LogP contribution is -2.23. The predicted octanol–water partition coefficient (Wildman–Crippen LogP) is 3.66. The summed E-state index contributed by atoms with van der Waals surface area (Å²) in [4.78, 5) is 16.1. The Morgan fingerprint density at radius 3 is 1.77 bits per heavy atom. The van der Waals surface area contributed by atoms with Crippen LogP contribution in [0.5, 0.6) is 23.0 Å². The molecule has 2 aliphatic rings. The summed E-state index contributed by atoms with van der Waals surface area (Å²) in [6, 6.07) is 6.88. The molecule has 4 aromatic carbocycles. The molecule has 0 spiro atoms. The molecule has 0 aliphatic carbocycles. The second-order valence-corrected chi connectivity index (χ2v) is 18.5. The Hall–Kier alpha value is -5.56. The second kappa shape index (κ2) is 15.2. The summed E-state index contributed by atoms with van der Waals surface area (Å²) in [6.45, 7) is -0.0708. The van der Waals surface area contributed by atoms with Crippen LogP contribution in [0, 0.1) is 6.08 Å². The van der Waals surface area contributed by atoms with Gasteiger partial charge in [-0.25, -0.2) is 9.98 Å². The van der Waals surface area contributed by atoms with Crippen LogP contribution < -0.4 is 41.9 Å². The molecule has 9 N–H and O–H groups in total. The lowest BCUT2D eigenvalue weighted by molar-refractivity contribution is 0.447. The Labute approximate surface area is 346 Å². The fourth-order valence-electron chi connectivity index (χ4n) is 5.73. The van der Waals surface area contributed by atoms with E-state index >= 15 is 0 Å². The van der Waals surface area contributed by atoms with Gasteiger partial charge in [0.15, 0.2) is 23.0 Å². The van der Waals surface area contributed by atoms with Crippen LogP contribution in [0.25, 0.3) is 0 Å². The van der Waals surface area contributed by atoms with Gasteiger partial charge in [-0.2, -0.15) is 53.0 Å². The highest BCUT2D eigenvalue weighted by atomic mass is 35.5. The molecule has 7 rings (SSSR count). The van der Waals surface area contributed by atoms with E-state index < -0.39 is 95.1 Å². The first-order chi connectivity index (χ1) is 27.9. The van der Waals surface area contributed by atoms with Crippen molar-refractivity contribution >= 4 is 104 Å². The smallest absolute Gasteiger partial charge is 0.315 e. The third-order valence-electron chi connectivity index (χ3n) is 8.18. The topological polar surface area (TPSA) is 361 Å². The molecule has 0 fully saturated rings. The van der Waals surface area contributed by atoms with Crippen LogP contribution in [-0.2, 0) is 40.5 Å². The molecule has 0 saturated carbocycles. The number of halogens is 3. The molecule has 2 aliphatic heterocycles. The fraction of sp³-hybridized carbons (Fsp3) is 0.100. The third kappa shape index (κ3) is 8.28. The van der Waals surface area contributed by atoms with Crippen molar-refractivity contribution in [2.24, 2.45) is 9.98 Å². The van der Waals surface area contributed by atoms with E-state index in [-0.39, 0.29) is 74.6 Å². The number of anilines is 5. The van der Waals surface area contributed by atoms with Crippen LogP contribution in [0.15, 0.2) is 72.0 Å². The number of nitrogens with one attached hydrogen (secondary N) is 3. The normalized spacial score (nSPS) is 13.2. The summed E-state index contributed by atoms with van der Waals surface area (Å²) in [7, 11) is -19.8. The molecule has 0 saturated heterocycles. The molecule has 3 heterocycles. The molecular weight excluding hydrogens is 929 g/mol. The Balaban J connectivity index is 1.12. The summed E-state index contributed by atoms with van der Waals surface area (Å²) in [5.41, 5.74) is 3.82. The van der Waals surface area contributed by atoms with E-state index in [4.69, 9.17) is 38.4 Å². The fourth-order valence-corrected chi connectivity index (χ4v) is 8.94. The van der Waals surface area contributed by atoms with Gasteiger partial charge in [0.05, 0.1) is 22.0 Å². The SMILES string of the molecule is Nc1ccc2c(c1S(=O)(=O)O)N=c1c(Cl)c3c(c(Cl)c1O2)=Nc1c(ccc(NCCCNc2nc(F)nc(Nc4cc(S(=O)(=O)O)ccc4S(=O)(=O)O)n2)c1S(=O)(=O)O)O3. The highest BCUT2D eigenvalue weighted by Crippen LogP contribution is 2.48. The van der Waals surface area contributed by atoms with Gasteiger partial charge < -0.3 is 31.2 Å². The molecule has 60 heavy (non-hydrogen) atoms. The van der Waals surface area contributed by atoms with Crippen molar-refractivity contribution in [3.8, 4) is 23.0 Å². The zero-order valence-corrected chi connectivity index (χ0v) is 33.9. The first-order valence-electron chi connectivity index (χ1n) is 16.1. The number of fused-ring (bicyclic) bond motifs is 4. The zero-order valence-electron chi connectivity index (χ0n) is 29.1. The second-order valence-electron chi connectivity index (χ2n) is 12.2. The molecule has 23 nitrogen and oxygen atoms in total. The monoisotopic (exact) mass is 949 g/mol. The Kier molecular flexibility index (Phi) is 10.8. The zero-order chi connectivity index (χ0) is 43.7. The number of nitrogens with two attached hydrogens (primary N) is 1. The maximum atomic E-state index is 14.4. The number of nitrogen functional groups attached to an aromatic ring is 1. The Morgan fingerprint density at radius 2 is 1.20 bits per heavy atom. The standard InChI is InChI=1S/C30H22Cl2FN9O14S4/c31-18-22-24(55-15-5-3-12(34)26(20(15)38-22)59(49,50)51)19(32)23-25(18)56-16-6-4-13(27(21(16)39-23)60(52,53)54)35-8-1-9-36-29-40-28(33)41-30(42-29)37-14-10-11(57(43,44)45)2-7-17(14)58(46,47)48/h2-7,10,35H,1,8-9,34H2,(H,43,44,45)(H,46,47,48)(H,49,50,51)(H,52,53,54)(H2,36,37,40,41,42). The average molecular weight is 951 g/mol. The molecule has 316 valence electrons. The van der Waals surface area contributed by atoms with Gasteiger partial charge in [-0.1, -0.05) is 23.2 Å². The minimum atomic E-state index is -5.07. The lowest BCUT2D eigenvalue weighted by atomic mass is 10.2. The molecule has 0 amide bonds. The highest BCUT2D eigenvalue weighted by Gasteiger charge is 2.33. The number of rotatable bonds is 12. The summed E-state index contributed by atoms with van der Waals surface area (Å²) >= 11 is 13.3. The summed E-state index contributed by atoms with van der Waals surface area (Å²) in [6.07, 6.45) is -1.26. The number of nitrogens with zero attached hydrogens (tertiary/aromatic N) is 5. The van der Waals surface area contributed by atoms with E-state index in [0.717, 1.165) is 6.07 Å². The van der Waals surface area contributed by atoms with Gasteiger partial charge in [0, 0.05) is 13.1 Å². The van der Waals surface area contributed by atoms with Crippen LogP contribution >= 0.6 is 23.2 Å². The van der Waals surface area contributed by atoms with Crippen LogP contribution in [0.4, 0.5) is 44.7 Å². The third-order valence-corrected chi connectivity index (χ3v) is 12.5. The highest BCUT2D eigenvalue weighted by molar-refractivity contribution is 7.87. The number of aromatic nitrogens is 3. The molecule has 0 radical (unpaired) electrons. The largest absolute Gasteiger partial charge is 0.451 e. The van der Waals surface area contributed by atoms with E-state index in [0.29, 0.717) is 18.2 Å². The lowest BCUT2D eigenvalue weighted by Gasteiger charge is -2.23. The van der Waals surface area contributed by atoms with Crippen molar-refractivity contribution in [3.05, 3.63) is 69.3 Å². The number of hydrogen-bond acceptors (Lipinski definition) is 19. The van der Waals surface area contributed by atoms with Crippen LogP contribution in [0.2, 0.25) is 10.0 Å². The van der Waals surface area contributed by atoms with Gasteiger partial charge >= 0.3 is 6.08 Å². The van der Waals surface area contributed by atoms with Gasteiger partial charge in [0.2, 0.25) is 11.9 Å². The van der Waals surface area contributed by atoms with Crippen LogP contribution in [0.3, 0.4) is 0 Å². The molecule has 0 bridgehead atoms. The summed E-state index contributed by atoms with van der Waals surface area (Å²) in [5, 5.41) is 6.59. The number of ether oxygens (including phenoxy) is 2. The maximum absolute atomic E-state index is 14.4. The molecular formula is C30H22Cl2FN9O14S4. The van der Waals surface area contributed by atoms with Crippen LogP contribution in [0.1, 0.15) is 6.42 Å². The average Bonchev–Trinajstić information content (AvgIpc) is 3.13. The van der Waals surface area contributed by atoms with Gasteiger partial charge in [0.1, 0.15) is 46.8 Å². The van der Waals surface area contributed by atoms with Crippen molar-refractivity contribution < 1.29 is 65.7 Å². The van der Waals surface area contributed by atoms with E-state index in [1.54, 1.807) is 0 Å². The number of hydrogen-bond donors (Lipinski definition) is 8. The van der Waals surface area contributed by atoms with Crippen molar-refractivity contribution in [1.29, 1.82) is 0 Å². The molecule has 0 unspecified atom stereocenters. The van der Waals surface area contributed by atoms with Gasteiger partial charge in [-0.3, -0.25) is 18.2 Å². The quantitative estimate of drug-likeness (QED) is 0.0492. The van der Waals surface area contributed by atoms with E-state index in [9.17, 15) is 56.3 Å². The minimum Gasteiger partial charge on any atom is -0.451 e. The van der Waals surface area contributed by atoms with Crippen molar-refractivity contribution in [2.45, 2.75) is 26.0 Å². The van der Waals surface area contributed by atoms with E-state index in [1.165, 1.54) is 18.2 Å².